The maximum absolute atomic E-state index is 11.9. The Kier molecular flexibility index (Phi) is 7.47. The zero-order chi connectivity index (χ0) is 18.9. The summed E-state index contributed by atoms with van der Waals surface area (Å²) >= 11 is 3.18. The highest BCUT2D eigenvalue weighted by atomic mass is 32.2. The molecule has 5 nitrogen and oxygen atoms in total. The second kappa shape index (κ2) is 10.3. The molecular formula is C20H24N4OS2. The number of hydrogen-bond acceptors (Lipinski definition) is 5. The van der Waals surface area contributed by atoms with E-state index in [1.807, 2.05) is 13.0 Å². The zero-order valence-electron chi connectivity index (χ0n) is 15.4. The molecule has 0 atom stereocenters. The molecule has 3 aromatic rings. The number of nitrogens with zero attached hydrogens (tertiary/aromatic N) is 3. The third-order valence-electron chi connectivity index (χ3n) is 4.08. The van der Waals surface area contributed by atoms with E-state index < -0.39 is 0 Å². The van der Waals surface area contributed by atoms with Crippen molar-refractivity contribution in [3.63, 3.8) is 0 Å². The number of benzene rings is 1. The Balaban J connectivity index is 1.71. The number of carbonyl (C=O) groups is 1. The van der Waals surface area contributed by atoms with Crippen LogP contribution in [-0.4, -0.2) is 33.0 Å². The van der Waals surface area contributed by atoms with Crippen LogP contribution >= 0.6 is 23.1 Å². The van der Waals surface area contributed by atoms with Crippen molar-refractivity contribution in [2.75, 3.05) is 12.3 Å². The van der Waals surface area contributed by atoms with Gasteiger partial charge in [-0.2, -0.15) is 0 Å². The summed E-state index contributed by atoms with van der Waals surface area (Å²) in [6.07, 6.45) is 2.61. The van der Waals surface area contributed by atoms with Crippen LogP contribution in [0.25, 0.3) is 0 Å². The van der Waals surface area contributed by atoms with E-state index >= 15 is 0 Å². The Morgan fingerprint density at radius 2 is 2.04 bits per heavy atom. The normalized spacial score (nSPS) is 10.9. The van der Waals surface area contributed by atoms with Crippen LogP contribution < -0.4 is 5.32 Å². The molecule has 1 aromatic carbocycles. The predicted octanol–water partition coefficient (Wildman–Crippen LogP) is 3.79. The molecule has 0 spiro atoms. The number of thioether (sulfide) groups is 1. The van der Waals surface area contributed by atoms with Crippen LogP contribution in [0, 0.1) is 0 Å². The SMILES string of the molecule is CCCNC(=O)CSc1nnc(Cc2cccs2)n1CCc1ccccc1. The van der Waals surface area contributed by atoms with Gasteiger partial charge in [-0.3, -0.25) is 4.79 Å². The molecule has 7 heteroatoms. The molecule has 0 aliphatic heterocycles. The molecule has 1 amide bonds. The second-order valence-corrected chi connectivity index (χ2v) is 8.16. The summed E-state index contributed by atoms with van der Waals surface area (Å²) in [5.74, 6) is 1.35. The van der Waals surface area contributed by atoms with E-state index in [2.05, 4.69) is 61.9 Å². The first-order chi connectivity index (χ1) is 13.3. The Labute approximate surface area is 168 Å². The summed E-state index contributed by atoms with van der Waals surface area (Å²) in [6.45, 7) is 3.56. The minimum absolute atomic E-state index is 0.0410. The van der Waals surface area contributed by atoms with Gasteiger partial charge >= 0.3 is 0 Å². The lowest BCUT2D eigenvalue weighted by Gasteiger charge is -2.10. The molecule has 0 radical (unpaired) electrons. The van der Waals surface area contributed by atoms with Gasteiger partial charge < -0.3 is 9.88 Å². The number of aromatic nitrogens is 3. The number of hydrogen-bond donors (Lipinski definition) is 1. The number of amides is 1. The molecule has 2 aromatic heterocycles. The quantitative estimate of drug-likeness (QED) is 0.526. The third-order valence-corrected chi connectivity index (χ3v) is 5.92. The van der Waals surface area contributed by atoms with E-state index in [0.717, 1.165) is 36.8 Å². The van der Waals surface area contributed by atoms with Gasteiger partial charge in [0.05, 0.1) is 5.75 Å². The van der Waals surface area contributed by atoms with E-state index in [1.165, 1.54) is 22.2 Å². The van der Waals surface area contributed by atoms with E-state index in [0.29, 0.717) is 12.3 Å². The van der Waals surface area contributed by atoms with Crippen molar-refractivity contribution in [3.05, 3.63) is 64.1 Å². The molecule has 0 bridgehead atoms. The average Bonchev–Trinajstić information content (AvgIpc) is 3.34. The summed E-state index contributed by atoms with van der Waals surface area (Å²) in [5.41, 5.74) is 1.28. The molecular weight excluding hydrogens is 376 g/mol. The molecule has 1 N–H and O–H groups in total. The summed E-state index contributed by atoms with van der Waals surface area (Å²) in [7, 11) is 0. The van der Waals surface area contributed by atoms with Gasteiger partial charge in [-0.1, -0.05) is 55.1 Å². The van der Waals surface area contributed by atoms with Crippen LogP contribution in [0.1, 0.15) is 29.6 Å². The van der Waals surface area contributed by atoms with E-state index in [1.54, 1.807) is 11.3 Å². The van der Waals surface area contributed by atoms with Crippen molar-refractivity contribution in [3.8, 4) is 0 Å². The fraction of sp³-hybridized carbons (Fsp3) is 0.350. The van der Waals surface area contributed by atoms with Crippen molar-refractivity contribution >= 4 is 29.0 Å². The largest absolute Gasteiger partial charge is 0.355 e. The molecule has 0 saturated heterocycles. The minimum Gasteiger partial charge on any atom is -0.355 e. The summed E-state index contributed by atoms with van der Waals surface area (Å²) in [6, 6.07) is 14.6. The molecule has 0 unspecified atom stereocenters. The van der Waals surface area contributed by atoms with Crippen LogP contribution in [0.5, 0.6) is 0 Å². The lowest BCUT2D eigenvalue weighted by atomic mass is 10.1. The van der Waals surface area contributed by atoms with Gasteiger partial charge in [-0.15, -0.1) is 21.5 Å². The van der Waals surface area contributed by atoms with Gasteiger partial charge in [0.1, 0.15) is 5.82 Å². The first-order valence-electron chi connectivity index (χ1n) is 9.14. The number of carbonyl (C=O) groups excluding carboxylic acids is 1. The van der Waals surface area contributed by atoms with Crippen LogP contribution in [0.2, 0.25) is 0 Å². The van der Waals surface area contributed by atoms with Crippen molar-refractivity contribution in [2.45, 2.75) is 37.9 Å². The summed E-state index contributed by atoms with van der Waals surface area (Å²) < 4.78 is 2.16. The average molecular weight is 401 g/mol. The molecule has 0 saturated carbocycles. The Morgan fingerprint density at radius 1 is 1.19 bits per heavy atom. The van der Waals surface area contributed by atoms with E-state index in [-0.39, 0.29) is 5.91 Å². The number of thiophene rings is 1. The maximum atomic E-state index is 11.9. The summed E-state index contributed by atoms with van der Waals surface area (Å²) in [4.78, 5) is 13.2. The fourth-order valence-corrected chi connectivity index (χ4v) is 4.20. The van der Waals surface area contributed by atoms with Crippen LogP contribution in [-0.2, 0) is 24.2 Å². The van der Waals surface area contributed by atoms with Gasteiger partial charge in [0.2, 0.25) is 5.91 Å². The molecule has 3 rings (SSSR count). The van der Waals surface area contributed by atoms with Crippen molar-refractivity contribution < 1.29 is 4.79 Å². The zero-order valence-corrected chi connectivity index (χ0v) is 17.1. The fourth-order valence-electron chi connectivity index (χ4n) is 2.68. The Hall–Kier alpha value is -2.12. The smallest absolute Gasteiger partial charge is 0.230 e. The van der Waals surface area contributed by atoms with Crippen LogP contribution in [0.4, 0.5) is 0 Å². The number of rotatable bonds is 10. The highest BCUT2D eigenvalue weighted by Gasteiger charge is 2.15. The second-order valence-electron chi connectivity index (χ2n) is 6.18. The van der Waals surface area contributed by atoms with Gasteiger partial charge in [0.25, 0.3) is 0 Å². The Morgan fingerprint density at radius 3 is 2.78 bits per heavy atom. The van der Waals surface area contributed by atoms with Crippen molar-refractivity contribution in [1.82, 2.24) is 20.1 Å². The maximum Gasteiger partial charge on any atom is 0.230 e. The third kappa shape index (κ3) is 5.94. The van der Waals surface area contributed by atoms with Gasteiger partial charge in [-0.25, -0.2) is 0 Å². The first kappa shape index (κ1) is 19.6. The van der Waals surface area contributed by atoms with Crippen molar-refractivity contribution in [2.24, 2.45) is 0 Å². The standard InChI is InChI=1S/C20H24N4OS2/c1-2-11-21-19(25)15-27-20-23-22-18(14-17-9-6-13-26-17)24(20)12-10-16-7-4-3-5-8-16/h3-9,13H,2,10-12,14-15H2,1H3,(H,21,25). The van der Waals surface area contributed by atoms with E-state index in [4.69, 9.17) is 0 Å². The predicted molar refractivity (Wildman–Crippen MR) is 111 cm³/mol. The number of nitrogens with one attached hydrogen (secondary N) is 1. The molecule has 2 heterocycles. The first-order valence-corrected chi connectivity index (χ1v) is 11.0. The number of aryl methyl sites for hydroxylation is 1. The monoisotopic (exact) mass is 400 g/mol. The van der Waals surface area contributed by atoms with E-state index in [9.17, 15) is 4.79 Å². The molecule has 0 aliphatic carbocycles. The summed E-state index contributed by atoms with van der Waals surface area (Å²) in [5, 5.41) is 14.6. The topological polar surface area (TPSA) is 59.8 Å². The van der Waals surface area contributed by atoms with Gasteiger partial charge in [0, 0.05) is 24.4 Å². The highest BCUT2D eigenvalue weighted by Crippen LogP contribution is 2.21. The minimum atomic E-state index is 0.0410. The van der Waals surface area contributed by atoms with Gasteiger partial charge in [-0.05, 0) is 29.9 Å². The Bertz CT molecular complexity index is 831. The molecule has 0 fully saturated rings. The lowest BCUT2D eigenvalue weighted by molar-refractivity contribution is -0.118. The lowest BCUT2D eigenvalue weighted by Crippen LogP contribution is -2.25. The van der Waals surface area contributed by atoms with Crippen LogP contribution in [0.15, 0.2) is 53.0 Å². The molecule has 142 valence electrons. The molecule has 27 heavy (non-hydrogen) atoms. The highest BCUT2D eigenvalue weighted by molar-refractivity contribution is 7.99. The van der Waals surface area contributed by atoms with Gasteiger partial charge in [0.15, 0.2) is 5.16 Å². The van der Waals surface area contributed by atoms with Crippen molar-refractivity contribution in [1.29, 1.82) is 0 Å². The molecule has 0 aliphatic rings. The van der Waals surface area contributed by atoms with Crippen LogP contribution in [0.3, 0.4) is 0 Å².